The van der Waals surface area contributed by atoms with Gasteiger partial charge in [-0.2, -0.15) is 5.10 Å². The van der Waals surface area contributed by atoms with E-state index in [1.54, 1.807) is 6.20 Å². The van der Waals surface area contributed by atoms with Crippen LogP contribution >= 0.6 is 0 Å². The SMILES string of the molecule is Cc1cc(NC(=O)c2cnc(C)nc2-c2ccccc2)n(C(C)C2CC2)n1. The molecule has 6 heteroatoms. The van der Waals surface area contributed by atoms with Gasteiger partial charge in [0.05, 0.1) is 23.0 Å². The fourth-order valence-electron chi connectivity index (χ4n) is 3.33. The van der Waals surface area contributed by atoms with Crippen LogP contribution in [0.2, 0.25) is 0 Å². The van der Waals surface area contributed by atoms with Crippen molar-refractivity contribution in [2.75, 3.05) is 5.32 Å². The maximum Gasteiger partial charge on any atom is 0.260 e. The van der Waals surface area contributed by atoms with E-state index in [2.05, 4.69) is 27.3 Å². The maximum absolute atomic E-state index is 13.1. The van der Waals surface area contributed by atoms with Crippen molar-refractivity contribution >= 4 is 11.7 Å². The zero-order chi connectivity index (χ0) is 19.0. The Balaban J connectivity index is 1.67. The van der Waals surface area contributed by atoms with Crippen LogP contribution in [0.3, 0.4) is 0 Å². The first kappa shape index (κ1) is 17.4. The first-order valence-electron chi connectivity index (χ1n) is 9.29. The van der Waals surface area contributed by atoms with Gasteiger partial charge in [-0.05, 0) is 39.5 Å². The number of nitrogens with zero attached hydrogens (tertiary/aromatic N) is 4. The van der Waals surface area contributed by atoms with Gasteiger partial charge in [0.25, 0.3) is 5.91 Å². The van der Waals surface area contributed by atoms with E-state index in [1.165, 1.54) is 12.8 Å². The number of carbonyl (C=O) groups excluding carboxylic acids is 1. The summed E-state index contributed by atoms with van der Waals surface area (Å²) in [6.07, 6.45) is 4.03. The van der Waals surface area contributed by atoms with E-state index in [9.17, 15) is 4.79 Å². The molecule has 1 unspecified atom stereocenters. The lowest BCUT2D eigenvalue weighted by atomic mass is 10.1. The highest BCUT2D eigenvalue weighted by atomic mass is 16.1. The van der Waals surface area contributed by atoms with Crippen molar-refractivity contribution < 1.29 is 4.79 Å². The van der Waals surface area contributed by atoms with E-state index in [4.69, 9.17) is 0 Å². The van der Waals surface area contributed by atoms with Crippen LogP contribution in [-0.2, 0) is 0 Å². The van der Waals surface area contributed by atoms with Gasteiger partial charge in [0.2, 0.25) is 0 Å². The number of aromatic nitrogens is 4. The van der Waals surface area contributed by atoms with Crippen LogP contribution in [-0.4, -0.2) is 25.7 Å². The molecule has 138 valence electrons. The minimum Gasteiger partial charge on any atom is -0.307 e. The third-order valence-electron chi connectivity index (χ3n) is 4.99. The quantitative estimate of drug-likeness (QED) is 0.740. The van der Waals surface area contributed by atoms with Gasteiger partial charge < -0.3 is 5.32 Å². The first-order valence-corrected chi connectivity index (χ1v) is 9.29. The summed E-state index contributed by atoms with van der Waals surface area (Å²) in [5, 5.41) is 7.61. The van der Waals surface area contributed by atoms with E-state index in [1.807, 2.05) is 54.9 Å². The van der Waals surface area contributed by atoms with Crippen LogP contribution in [0.4, 0.5) is 5.82 Å². The highest BCUT2D eigenvalue weighted by Crippen LogP contribution is 2.40. The second-order valence-corrected chi connectivity index (χ2v) is 7.19. The third kappa shape index (κ3) is 3.60. The molecule has 1 saturated carbocycles. The number of amides is 1. The largest absolute Gasteiger partial charge is 0.307 e. The summed E-state index contributed by atoms with van der Waals surface area (Å²) < 4.78 is 1.93. The Hall–Kier alpha value is -3.02. The summed E-state index contributed by atoms with van der Waals surface area (Å²) >= 11 is 0. The lowest BCUT2D eigenvalue weighted by molar-refractivity contribution is 0.102. The van der Waals surface area contributed by atoms with Crippen LogP contribution in [0.5, 0.6) is 0 Å². The molecule has 1 fully saturated rings. The number of benzene rings is 1. The Morgan fingerprint density at radius 2 is 1.96 bits per heavy atom. The molecular formula is C21H23N5O. The summed E-state index contributed by atoms with van der Waals surface area (Å²) in [5.41, 5.74) is 2.88. The van der Waals surface area contributed by atoms with Crippen LogP contribution in [0, 0.1) is 19.8 Å². The second-order valence-electron chi connectivity index (χ2n) is 7.19. The lowest BCUT2D eigenvalue weighted by Crippen LogP contribution is -2.19. The monoisotopic (exact) mass is 361 g/mol. The minimum absolute atomic E-state index is 0.224. The van der Waals surface area contributed by atoms with E-state index in [-0.39, 0.29) is 11.9 Å². The fourth-order valence-corrected chi connectivity index (χ4v) is 3.33. The molecule has 1 aliphatic rings. The number of rotatable bonds is 5. The van der Waals surface area contributed by atoms with Gasteiger partial charge in [-0.1, -0.05) is 30.3 Å². The summed E-state index contributed by atoms with van der Waals surface area (Å²) in [6, 6.07) is 11.9. The molecule has 0 aliphatic heterocycles. The summed E-state index contributed by atoms with van der Waals surface area (Å²) in [4.78, 5) is 21.8. The highest BCUT2D eigenvalue weighted by Gasteiger charge is 2.31. The molecule has 0 spiro atoms. The number of anilines is 1. The minimum atomic E-state index is -0.224. The number of nitrogens with one attached hydrogen (secondary N) is 1. The smallest absolute Gasteiger partial charge is 0.260 e. The molecule has 2 aromatic heterocycles. The predicted molar refractivity (Wildman–Crippen MR) is 105 cm³/mol. The summed E-state index contributed by atoms with van der Waals surface area (Å²) in [6.45, 7) is 5.92. The van der Waals surface area contributed by atoms with Gasteiger partial charge in [0.1, 0.15) is 11.6 Å². The van der Waals surface area contributed by atoms with Gasteiger partial charge >= 0.3 is 0 Å². The fraction of sp³-hybridized carbons (Fsp3) is 0.333. The van der Waals surface area contributed by atoms with Crippen molar-refractivity contribution in [3.8, 4) is 11.3 Å². The Morgan fingerprint density at radius 1 is 1.22 bits per heavy atom. The number of hydrogen-bond acceptors (Lipinski definition) is 4. The van der Waals surface area contributed by atoms with Crippen LogP contribution in [0.15, 0.2) is 42.6 Å². The first-order chi connectivity index (χ1) is 13.0. The van der Waals surface area contributed by atoms with Crippen LogP contribution < -0.4 is 5.32 Å². The summed E-state index contributed by atoms with van der Waals surface area (Å²) in [7, 11) is 0. The van der Waals surface area contributed by atoms with Gasteiger partial charge in [0, 0.05) is 17.8 Å². The molecule has 1 aliphatic carbocycles. The van der Waals surface area contributed by atoms with E-state index in [0.29, 0.717) is 23.0 Å². The Labute approximate surface area is 158 Å². The molecule has 2 heterocycles. The van der Waals surface area contributed by atoms with E-state index >= 15 is 0 Å². The van der Waals surface area contributed by atoms with Crippen LogP contribution in [0.25, 0.3) is 11.3 Å². The van der Waals surface area contributed by atoms with Gasteiger partial charge in [-0.25, -0.2) is 14.6 Å². The Kier molecular flexibility index (Phi) is 4.48. The normalized spacial score (nSPS) is 14.8. The van der Waals surface area contributed by atoms with Gasteiger partial charge in [-0.3, -0.25) is 4.79 Å². The molecule has 3 aromatic rings. The van der Waals surface area contributed by atoms with E-state index < -0.39 is 0 Å². The number of hydrogen-bond donors (Lipinski definition) is 1. The second kappa shape index (κ2) is 6.95. The van der Waals surface area contributed by atoms with Crippen molar-refractivity contribution in [2.24, 2.45) is 5.92 Å². The molecule has 1 amide bonds. The Morgan fingerprint density at radius 3 is 2.67 bits per heavy atom. The molecule has 1 aromatic carbocycles. The zero-order valence-corrected chi connectivity index (χ0v) is 15.8. The Bertz CT molecular complexity index is 975. The lowest BCUT2D eigenvalue weighted by Gasteiger charge is -2.16. The zero-order valence-electron chi connectivity index (χ0n) is 15.8. The topological polar surface area (TPSA) is 72.7 Å². The molecule has 1 N–H and O–H groups in total. The molecule has 0 bridgehead atoms. The molecule has 1 atom stereocenters. The molecule has 4 rings (SSSR count). The van der Waals surface area contributed by atoms with Crippen molar-refractivity contribution in [3.63, 3.8) is 0 Å². The highest BCUT2D eigenvalue weighted by molar-refractivity contribution is 6.07. The van der Waals surface area contributed by atoms with Crippen molar-refractivity contribution in [1.29, 1.82) is 0 Å². The van der Waals surface area contributed by atoms with E-state index in [0.717, 1.165) is 17.1 Å². The molecule has 6 nitrogen and oxygen atoms in total. The summed E-state index contributed by atoms with van der Waals surface area (Å²) in [5.74, 6) is 1.77. The average Bonchev–Trinajstić information content (AvgIpc) is 3.45. The number of aryl methyl sites for hydroxylation is 2. The van der Waals surface area contributed by atoms with Crippen molar-refractivity contribution in [1.82, 2.24) is 19.7 Å². The van der Waals surface area contributed by atoms with Crippen molar-refractivity contribution in [3.05, 3.63) is 59.7 Å². The van der Waals surface area contributed by atoms with Gasteiger partial charge in [0.15, 0.2) is 0 Å². The molecular weight excluding hydrogens is 338 g/mol. The van der Waals surface area contributed by atoms with Crippen molar-refractivity contribution in [2.45, 2.75) is 39.7 Å². The van der Waals surface area contributed by atoms with Gasteiger partial charge in [-0.15, -0.1) is 0 Å². The average molecular weight is 361 g/mol. The predicted octanol–water partition coefficient (Wildman–Crippen LogP) is 4.18. The molecule has 0 radical (unpaired) electrons. The third-order valence-corrected chi connectivity index (χ3v) is 4.99. The standard InChI is InChI=1S/C21H23N5O/c1-13-11-19(26(25-13)14(2)16-9-10-16)24-21(27)18-12-22-15(3)23-20(18)17-7-5-4-6-8-17/h4-8,11-12,14,16H,9-10H2,1-3H3,(H,24,27). The molecule has 0 saturated heterocycles. The maximum atomic E-state index is 13.1. The molecule has 27 heavy (non-hydrogen) atoms. The number of carbonyl (C=O) groups is 1. The van der Waals surface area contributed by atoms with Crippen LogP contribution in [0.1, 0.15) is 47.7 Å².